The zero-order chi connectivity index (χ0) is 18.6. The minimum atomic E-state index is -4.07. The Balaban J connectivity index is 2.46. The maximum Gasteiger partial charge on any atom is 0.289 e. The number of benzene rings is 1. The molecular weight excluding hydrogens is 459 g/mol. The fourth-order valence-electron chi connectivity index (χ4n) is 2.85. The fraction of sp³-hybridized carbons (Fsp3) is 0.438. The van der Waals surface area contributed by atoms with Gasteiger partial charge in [-0.15, -0.1) is 6.58 Å². The number of nitro groups is 1. The summed E-state index contributed by atoms with van der Waals surface area (Å²) in [6, 6.07) is 5.00. The highest BCUT2D eigenvalue weighted by molar-refractivity contribution is 14.1. The van der Waals surface area contributed by atoms with E-state index in [9.17, 15) is 23.3 Å². The minimum absolute atomic E-state index is 0.119. The predicted octanol–water partition coefficient (Wildman–Crippen LogP) is 3.09. The van der Waals surface area contributed by atoms with Crippen LogP contribution in [0.1, 0.15) is 25.7 Å². The van der Waals surface area contributed by atoms with Gasteiger partial charge in [-0.05, 0) is 18.9 Å². The van der Waals surface area contributed by atoms with Crippen LogP contribution >= 0.6 is 22.6 Å². The number of para-hydroxylation sites is 1. The van der Waals surface area contributed by atoms with Crippen molar-refractivity contribution in [2.75, 3.05) is 6.54 Å². The molecule has 1 atom stereocenters. The van der Waals surface area contributed by atoms with Gasteiger partial charge in [0.1, 0.15) is 5.78 Å². The molecule has 0 heterocycles. The van der Waals surface area contributed by atoms with Crippen LogP contribution in [0.5, 0.6) is 0 Å². The highest BCUT2D eigenvalue weighted by atomic mass is 127. The quantitative estimate of drug-likeness (QED) is 0.197. The summed E-state index contributed by atoms with van der Waals surface area (Å²) >= 11 is 2.08. The molecule has 1 aromatic carbocycles. The van der Waals surface area contributed by atoms with Crippen LogP contribution in [0.4, 0.5) is 5.69 Å². The van der Waals surface area contributed by atoms with E-state index < -0.39 is 20.6 Å². The molecule has 0 saturated heterocycles. The zero-order valence-corrected chi connectivity index (χ0v) is 16.5. The zero-order valence-electron chi connectivity index (χ0n) is 13.5. The van der Waals surface area contributed by atoms with E-state index in [2.05, 4.69) is 29.2 Å². The van der Waals surface area contributed by atoms with Gasteiger partial charge in [0.2, 0.25) is 10.0 Å². The van der Waals surface area contributed by atoms with E-state index in [1.165, 1.54) is 28.6 Å². The van der Waals surface area contributed by atoms with Crippen LogP contribution in [0, 0.1) is 10.1 Å². The van der Waals surface area contributed by atoms with E-state index in [4.69, 9.17) is 0 Å². The van der Waals surface area contributed by atoms with Gasteiger partial charge >= 0.3 is 0 Å². The first-order valence-corrected chi connectivity index (χ1v) is 10.5. The number of Topliss-reactive ketones (excluding diaryl/α,β-unsaturated/α-hetero) is 1. The molecule has 136 valence electrons. The lowest BCUT2D eigenvalue weighted by molar-refractivity contribution is -0.387. The van der Waals surface area contributed by atoms with Crippen molar-refractivity contribution in [3.63, 3.8) is 0 Å². The first kappa shape index (κ1) is 20.0. The molecule has 1 aliphatic rings. The summed E-state index contributed by atoms with van der Waals surface area (Å²) < 4.78 is 27.5. The second kappa shape index (κ2) is 8.37. The molecule has 0 N–H and O–H groups in total. The number of carbonyl (C=O) groups excluding carboxylic acids is 1. The molecule has 7 nitrogen and oxygen atoms in total. The van der Waals surface area contributed by atoms with Crippen LogP contribution in [-0.4, -0.2) is 39.9 Å². The molecule has 1 aromatic rings. The first-order valence-electron chi connectivity index (χ1n) is 7.81. The Labute approximate surface area is 160 Å². The molecule has 0 bridgehead atoms. The third-order valence-corrected chi connectivity index (χ3v) is 7.05. The molecule has 1 fully saturated rings. The number of carbonyl (C=O) groups is 1. The monoisotopic (exact) mass is 478 g/mol. The van der Waals surface area contributed by atoms with E-state index >= 15 is 0 Å². The second-order valence-corrected chi connectivity index (χ2v) is 9.28. The summed E-state index contributed by atoms with van der Waals surface area (Å²) in [6.07, 6.45) is 3.15. The highest BCUT2D eigenvalue weighted by Gasteiger charge is 2.37. The van der Waals surface area contributed by atoms with E-state index in [0.29, 0.717) is 25.7 Å². The van der Waals surface area contributed by atoms with Crippen molar-refractivity contribution in [2.45, 2.75) is 40.5 Å². The minimum Gasteiger partial charge on any atom is -0.300 e. The van der Waals surface area contributed by atoms with Crippen LogP contribution in [0.2, 0.25) is 0 Å². The number of ketones is 1. The van der Waals surface area contributed by atoms with Crippen molar-refractivity contribution in [3.05, 3.63) is 47.0 Å². The summed E-state index contributed by atoms with van der Waals surface area (Å²) in [5.41, 5.74) is -0.442. The van der Waals surface area contributed by atoms with Gasteiger partial charge in [-0.2, -0.15) is 4.31 Å². The number of alkyl halides is 1. The molecule has 0 amide bonds. The van der Waals surface area contributed by atoms with E-state index in [1.54, 1.807) is 6.08 Å². The van der Waals surface area contributed by atoms with Crippen molar-refractivity contribution in [1.82, 2.24) is 4.31 Å². The largest absolute Gasteiger partial charge is 0.300 e. The smallest absolute Gasteiger partial charge is 0.289 e. The van der Waals surface area contributed by atoms with Crippen molar-refractivity contribution >= 4 is 44.1 Å². The maximum absolute atomic E-state index is 13.2. The van der Waals surface area contributed by atoms with Gasteiger partial charge in [0.15, 0.2) is 4.90 Å². The molecule has 1 saturated carbocycles. The topological polar surface area (TPSA) is 97.6 Å². The van der Waals surface area contributed by atoms with Crippen LogP contribution in [-0.2, 0) is 14.8 Å². The molecule has 2 rings (SSSR count). The van der Waals surface area contributed by atoms with Gasteiger partial charge in [0.25, 0.3) is 5.69 Å². The molecule has 9 heteroatoms. The molecule has 1 unspecified atom stereocenters. The average molecular weight is 478 g/mol. The molecular formula is C16H19IN2O5S. The van der Waals surface area contributed by atoms with Crippen molar-refractivity contribution < 1.29 is 18.1 Å². The van der Waals surface area contributed by atoms with Gasteiger partial charge in [-0.25, -0.2) is 8.42 Å². The van der Waals surface area contributed by atoms with Crippen molar-refractivity contribution in [2.24, 2.45) is 0 Å². The number of halogens is 1. The Hall–Kier alpha value is -1.33. The van der Waals surface area contributed by atoms with Crippen molar-refractivity contribution in [3.8, 4) is 0 Å². The first-order chi connectivity index (χ1) is 11.8. The summed E-state index contributed by atoms with van der Waals surface area (Å²) in [4.78, 5) is 21.7. The van der Waals surface area contributed by atoms with E-state index in [-0.39, 0.29) is 27.2 Å². The van der Waals surface area contributed by atoms with Gasteiger partial charge < -0.3 is 0 Å². The van der Waals surface area contributed by atoms with Crippen molar-refractivity contribution in [1.29, 1.82) is 0 Å². The third-order valence-electron chi connectivity index (χ3n) is 4.18. The highest BCUT2D eigenvalue weighted by Crippen LogP contribution is 2.32. The number of hydrogen-bond acceptors (Lipinski definition) is 5. The second-order valence-electron chi connectivity index (χ2n) is 5.82. The predicted molar refractivity (Wildman–Crippen MR) is 102 cm³/mol. The summed E-state index contributed by atoms with van der Waals surface area (Å²) in [5, 5.41) is 11.2. The molecule has 0 aromatic heterocycles. The lowest BCUT2D eigenvalue weighted by Crippen LogP contribution is -2.45. The Bertz CT molecular complexity index is 770. The lowest BCUT2D eigenvalue weighted by atomic mass is 9.94. The van der Waals surface area contributed by atoms with Crippen LogP contribution in [0.25, 0.3) is 0 Å². The van der Waals surface area contributed by atoms with Gasteiger partial charge in [-0.1, -0.05) is 40.8 Å². The molecule has 0 aliphatic heterocycles. The van der Waals surface area contributed by atoms with Crippen LogP contribution < -0.4 is 0 Å². The third kappa shape index (κ3) is 4.64. The Morgan fingerprint density at radius 1 is 1.36 bits per heavy atom. The number of nitro benzene ring substituents is 1. The summed E-state index contributed by atoms with van der Waals surface area (Å²) in [6.45, 7) is 3.84. The van der Waals surface area contributed by atoms with Gasteiger partial charge in [0.05, 0.1) is 4.92 Å². The fourth-order valence-corrected chi connectivity index (χ4v) is 5.42. The molecule has 1 aliphatic carbocycles. The van der Waals surface area contributed by atoms with E-state index in [1.807, 2.05) is 0 Å². The van der Waals surface area contributed by atoms with Gasteiger partial charge in [0, 0.05) is 35.4 Å². The molecule has 0 radical (unpaired) electrons. The summed E-state index contributed by atoms with van der Waals surface area (Å²) in [7, 11) is -4.07. The molecule has 0 spiro atoms. The Morgan fingerprint density at radius 2 is 1.96 bits per heavy atom. The maximum atomic E-state index is 13.2. The Morgan fingerprint density at radius 3 is 2.52 bits per heavy atom. The normalized spacial score (nSPS) is 17.4. The van der Waals surface area contributed by atoms with Crippen LogP contribution in [0.3, 0.4) is 0 Å². The van der Waals surface area contributed by atoms with Crippen LogP contribution in [0.15, 0.2) is 41.8 Å². The number of nitrogens with zero attached hydrogens (tertiary/aromatic N) is 2. The average Bonchev–Trinajstić information content (AvgIpc) is 2.60. The van der Waals surface area contributed by atoms with Gasteiger partial charge in [-0.3, -0.25) is 14.9 Å². The standard InChI is InChI=1S/C16H19IN2O5S/c1-2-12(17)11-18(13-7-9-14(20)10-8-13)25(23,24)16-6-4-3-5-15(16)19(21)22/h2-6,12-13H,1,7-11H2. The van der Waals surface area contributed by atoms with E-state index in [0.717, 1.165) is 0 Å². The summed E-state index contributed by atoms with van der Waals surface area (Å²) in [5.74, 6) is 0.119. The number of rotatable bonds is 7. The molecule has 25 heavy (non-hydrogen) atoms. The number of hydrogen-bond donors (Lipinski definition) is 0. The lowest BCUT2D eigenvalue weighted by Gasteiger charge is -2.33. The Kier molecular flexibility index (Phi) is 6.69. The SMILES string of the molecule is C=CC(I)CN(C1CCC(=O)CC1)S(=O)(=O)c1ccccc1[N+](=O)[O-]. The number of sulfonamides is 1.